The van der Waals surface area contributed by atoms with E-state index in [2.05, 4.69) is 12.2 Å². The Morgan fingerprint density at radius 3 is 2.88 bits per heavy atom. The second kappa shape index (κ2) is 7.22. The van der Waals surface area contributed by atoms with E-state index in [1.165, 1.54) is 0 Å². The zero-order chi connectivity index (χ0) is 12.7. The van der Waals surface area contributed by atoms with Crippen LogP contribution in [0.1, 0.15) is 18.9 Å². The van der Waals surface area contributed by atoms with Crippen LogP contribution in [0, 0.1) is 0 Å². The van der Waals surface area contributed by atoms with Gasteiger partial charge in [0.1, 0.15) is 5.75 Å². The molecule has 3 nitrogen and oxygen atoms in total. The standard InChI is InChI=1S/C13H19NO2S/c1-3-11(9-17-2)14-13(16)8-10-5-4-6-12(15)7-10/h4-7,11,15H,3,8-9H2,1-2H3,(H,14,16). The van der Waals surface area contributed by atoms with E-state index in [9.17, 15) is 9.90 Å². The van der Waals surface area contributed by atoms with Crippen LogP contribution in [0.5, 0.6) is 5.75 Å². The Morgan fingerprint density at radius 2 is 2.29 bits per heavy atom. The largest absolute Gasteiger partial charge is 0.508 e. The molecule has 0 aliphatic rings. The lowest BCUT2D eigenvalue weighted by Gasteiger charge is -2.15. The topological polar surface area (TPSA) is 49.3 Å². The lowest BCUT2D eigenvalue weighted by molar-refractivity contribution is -0.121. The van der Waals surface area contributed by atoms with Gasteiger partial charge in [0.15, 0.2) is 0 Å². The molecule has 1 aromatic carbocycles. The summed E-state index contributed by atoms with van der Waals surface area (Å²) in [5.74, 6) is 1.14. The van der Waals surface area contributed by atoms with Gasteiger partial charge in [-0.3, -0.25) is 4.79 Å². The number of aromatic hydroxyl groups is 1. The first-order valence-electron chi connectivity index (χ1n) is 5.72. The third-order valence-electron chi connectivity index (χ3n) is 2.50. The van der Waals surface area contributed by atoms with Crippen molar-refractivity contribution in [2.75, 3.05) is 12.0 Å². The third kappa shape index (κ3) is 5.13. The van der Waals surface area contributed by atoms with Crippen LogP contribution in [0.15, 0.2) is 24.3 Å². The maximum atomic E-state index is 11.8. The molecule has 0 fully saturated rings. The van der Waals surface area contributed by atoms with Crippen molar-refractivity contribution in [3.8, 4) is 5.75 Å². The average molecular weight is 253 g/mol. The van der Waals surface area contributed by atoms with Crippen molar-refractivity contribution >= 4 is 17.7 Å². The fourth-order valence-electron chi connectivity index (χ4n) is 1.59. The summed E-state index contributed by atoms with van der Waals surface area (Å²) in [7, 11) is 0. The van der Waals surface area contributed by atoms with Gasteiger partial charge in [0.2, 0.25) is 5.91 Å². The summed E-state index contributed by atoms with van der Waals surface area (Å²) in [6.45, 7) is 2.06. The first kappa shape index (κ1) is 13.9. The minimum absolute atomic E-state index is 0.0106. The predicted octanol–water partition coefficient (Wildman–Crippen LogP) is 2.19. The van der Waals surface area contributed by atoms with Crippen molar-refractivity contribution in [1.82, 2.24) is 5.32 Å². The lowest BCUT2D eigenvalue weighted by atomic mass is 10.1. The van der Waals surface area contributed by atoms with Gasteiger partial charge in [-0.05, 0) is 30.4 Å². The minimum atomic E-state index is 0.0106. The number of nitrogens with one attached hydrogen (secondary N) is 1. The fraction of sp³-hybridized carbons (Fsp3) is 0.462. The number of rotatable bonds is 6. The smallest absolute Gasteiger partial charge is 0.224 e. The van der Waals surface area contributed by atoms with Crippen molar-refractivity contribution in [2.45, 2.75) is 25.8 Å². The molecule has 2 N–H and O–H groups in total. The third-order valence-corrected chi connectivity index (χ3v) is 3.24. The molecular weight excluding hydrogens is 234 g/mol. The Kier molecular flexibility index (Phi) is 5.91. The first-order chi connectivity index (χ1) is 8.15. The van der Waals surface area contributed by atoms with E-state index >= 15 is 0 Å². The summed E-state index contributed by atoms with van der Waals surface area (Å²) in [6, 6.07) is 7.04. The van der Waals surface area contributed by atoms with E-state index in [0.717, 1.165) is 17.7 Å². The average Bonchev–Trinajstić information content (AvgIpc) is 2.28. The molecule has 1 amide bonds. The molecule has 0 bridgehead atoms. The molecule has 1 aromatic rings. The Labute approximate surface area is 107 Å². The van der Waals surface area contributed by atoms with Gasteiger partial charge >= 0.3 is 0 Å². The van der Waals surface area contributed by atoms with Crippen LogP contribution >= 0.6 is 11.8 Å². The molecule has 0 saturated carbocycles. The summed E-state index contributed by atoms with van der Waals surface area (Å²) in [5, 5.41) is 12.3. The number of carbonyl (C=O) groups is 1. The SMILES string of the molecule is CCC(CSC)NC(=O)Cc1cccc(O)c1. The number of hydrogen-bond acceptors (Lipinski definition) is 3. The van der Waals surface area contributed by atoms with Crippen LogP contribution in [0.3, 0.4) is 0 Å². The zero-order valence-corrected chi connectivity index (χ0v) is 11.1. The maximum absolute atomic E-state index is 11.8. The number of thioether (sulfide) groups is 1. The van der Waals surface area contributed by atoms with E-state index in [1.807, 2.05) is 12.3 Å². The van der Waals surface area contributed by atoms with Crippen molar-refractivity contribution in [2.24, 2.45) is 0 Å². The molecule has 94 valence electrons. The van der Waals surface area contributed by atoms with Gasteiger partial charge in [0.25, 0.3) is 0 Å². The molecule has 17 heavy (non-hydrogen) atoms. The molecule has 4 heteroatoms. The zero-order valence-electron chi connectivity index (χ0n) is 10.3. The molecule has 0 aromatic heterocycles. The molecule has 1 unspecified atom stereocenters. The Bertz CT molecular complexity index is 368. The van der Waals surface area contributed by atoms with Crippen molar-refractivity contribution in [1.29, 1.82) is 0 Å². The van der Waals surface area contributed by atoms with E-state index in [4.69, 9.17) is 0 Å². The molecule has 0 heterocycles. The summed E-state index contributed by atoms with van der Waals surface area (Å²) in [4.78, 5) is 11.8. The minimum Gasteiger partial charge on any atom is -0.508 e. The Morgan fingerprint density at radius 1 is 1.53 bits per heavy atom. The molecule has 1 rings (SSSR count). The van der Waals surface area contributed by atoms with Gasteiger partial charge < -0.3 is 10.4 Å². The molecule has 0 aliphatic carbocycles. The second-order valence-corrected chi connectivity index (χ2v) is 4.89. The first-order valence-corrected chi connectivity index (χ1v) is 7.11. The number of hydrogen-bond donors (Lipinski definition) is 2. The second-order valence-electron chi connectivity index (χ2n) is 3.97. The Hall–Kier alpha value is -1.16. The molecule has 0 saturated heterocycles. The number of amides is 1. The van der Waals surface area contributed by atoms with Crippen molar-refractivity contribution < 1.29 is 9.90 Å². The van der Waals surface area contributed by atoms with E-state index in [1.54, 1.807) is 30.0 Å². The predicted molar refractivity (Wildman–Crippen MR) is 72.4 cm³/mol. The summed E-state index contributed by atoms with van der Waals surface area (Å²) >= 11 is 1.73. The summed E-state index contributed by atoms with van der Waals surface area (Å²) in [5.41, 5.74) is 0.835. The van der Waals surface area contributed by atoms with Crippen LogP contribution in [-0.4, -0.2) is 29.1 Å². The summed E-state index contributed by atoms with van der Waals surface area (Å²) in [6.07, 6.45) is 3.29. The van der Waals surface area contributed by atoms with Crippen molar-refractivity contribution in [3.63, 3.8) is 0 Å². The quantitative estimate of drug-likeness (QED) is 0.817. The normalized spacial score (nSPS) is 12.1. The summed E-state index contributed by atoms with van der Waals surface area (Å²) < 4.78 is 0. The molecule has 0 spiro atoms. The van der Waals surface area contributed by atoms with Crippen LogP contribution in [0.2, 0.25) is 0 Å². The monoisotopic (exact) mass is 253 g/mol. The highest BCUT2D eigenvalue weighted by Crippen LogP contribution is 2.11. The molecule has 1 atom stereocenters. The molecule has 0 aliphatic heterocycles. The van der Waals surface area contributed by atoms with Gasteiger partial charge in [-0.15, -0.1) is 0 Å². The van der Waals surface area contributed by atoms with Gasteiger partial charge in [-0.2, -0.15) is 11.8 Å². The van der Waals surface area contributed by atoms with Gasteiger partial charge in [-0.1, -0.05) is 19.1 Å². The molecular formula is C13H19NO2S. The lowest BCUT2D eigenvalue weighted by Crippen LogP contribution is -2.37. The van der Waals surface area contributed by atoms with Crippen molar-refractivity contribution in [3.05, 3.63) is 29.8 Å². The number of carbonyl (C=O) groups excluding carboxylic acids is 1. The van der Waals surface area contributed by atoms with E-state index in [-0.39, 0.29) is 17.7 Å². The van der Waals surface area contributed by atoms with Crippen LogP contribution in [0.25, 0.3) is 0 Å². The van der Waals surface area contributed by atoms with E-state index < -0.39 is 0 Å². The van der Waals surface area contributed by atoms with Crippen LogP contribution in [0.4, 0.5) is 0 Å². The maximum Gasteiger partial charge on any atom is 0.224 e. The van der Waals surface area contributed by atoms with Crippen LogP contribution in [-0.2, 0) is 11.2 Å². The number of phenols is 1. The highest BCUT2D eigenvalue weighted by Gasteiger charge is 2.10. The highest BCUT2D eigenvalue weighted by atomic mass is 32.2. The highest BCUT2D eigenvalue weighted by molar-refractivity contribution is 7.98. The van der Waals surface area contributed by atoms with E-state index in [0.29, 0.717) is 6.42 Å². The molecule has 0 radical (unpaired) electrons. The number of phenolic OH excluding ortho intramolecular Hbond substituents is 1. The Balaban J connectivity index is 2.49. The van der Waals surface area contributed by atoms with Crippen LogP contribution < -0.4 is 5.32 Å². The van der Waals surface area contributed by atoms with Gasteiger partial charge in [0.05, 0.1) is 6.42 Å². The fourth-order valence-corrected chi connectivity index (χ4v) is 2.31. The number of benzene rings is 1. The van der Waals surface area contributed by atoms with Gasteiger partial charge in [-0.25, -0.2) is 0 Å². The van der Waals surface area contributed by atoms with Gasteiger partial charge in [0, 0.05) is 11.8 Å².